The molecule has 19 heavy (non-hydrogen) atoms. The number of aromatic nitrogens is 2. The van der Waals surface area contributed by atoms with Crippen LogP contribution in [0, 0.1) is 0 Å². The minimum atomic E-state index is 0.0141. The second-order valence-corrected chi connectivity index (χ2v) is 4.03. The van der Waals surface area contributed by atoms with Gasteiger partial charge in [0.25, 0.3) is 0 Å². The molecule has 0 aliphatic heterocycles. The standard InChI is InChI=1S/C14H16N4O/c19-14(18-10-12-4-2-1-3-5-12)6-7-16-13-11-15-8-9-17-13/h1-5,8-9,11H,6-7,10H2,(H,16,17)(H,18,19). The van der Waals surface area contributed by atoms with Crippen molar-refractivity contribution in [2.45, 2.75) is 13.0 Å². The summed E-state index contributed by atoms with van der Waals surface area (Å²) in [5, 5.41) is 5.91. The van der Waals surface area contributed by atoms with E-state index in [9.17, 15) is 4.79 Å². The molecular weight excluding hydrogens is 240 g/mol. The third kappa shape index (κ3) is 4.75. The number of carbonyl (C=O) groups is 1. The Morgan fingerprint density at radius 2 is 2.00 bits per heavy atom. The van der Waals surface area contributed by atoms with E-state index in [0.717, 1.165) is 5.56 Å². The van der Waals surface area contributed by atoms with Crippen molar-refractivity contribution in [1.82, 2.24) is 15.3 Å². The van der Waals surface area contributed by atoms with Crippen LogP contribution >= 0.6 is 0 Å². The van der Waals surface area contributed by atoms with E-state index in [4.69, 9.17) is 0 Å². The van der Waals surface area contributed by atoms with Crippen LogP contribution in [0.4, 0.5) is 5.82 Å². The van der Waals surface area contributed by atoms with Gasteiger partial charge in [-0.2, -0.15) is 0 Å². The normalized spacial score (nSPS) is 9.89. The lowest BCUT2D eigenvalue weighted by atomic mass is 10.2. The number of hydrogen-bond donors (Lipinski definition) is 2. The van der Waals surface area contributed by atoms with Crippen molar-refractivity contribution in [3.63, 3.8) is 0 Å². The van der Waals surface area contributed by atoms with Gasteiger partial charge in [-0.1, -0.05) is 30.3 Å². The first-order chi connectivity index (χ1) is 9.34. The fourth-order valence-corrected chi connectivity index (χ4v) is 1.58. The van der Waals surface area contributed by atoms with E-state index in [2.05, 4.69) is 20.6 Å². The molecular formula is C14H16N4O. The van der Waals surface area contributed by atoms with Crippen molar-refractivity contribution in [1.29, 1.82) is 0 Å². The zero-order valence-electron chi connectivity index (χ0n) is 10.5. The van der Waals surface area contributed by atoms with Crippen LogP contribution in [-0.4, -0.2) is 22.4 Å². The summed E-state index contributed by atoms with van der Waals surface area (Å²) < 4.78 is 0. The summed E-state index contributed by atoms with van der Waals surface area (Å²) in [6.07, 6.45) is 5.25. The van der Waals surface area contributed by atoms with Crippen molar-refractivity contribution >= 4 is 11.7 Å². The van der Waals surface area contributed by atoms with Gasteiger partial charge in [0.15, 0.2) is 0 Å². The molecule has 0 radical (unpaired) electrons. The fourth-order valence-electron chi connectivity index (χ4n) is 1.58. The monoisotopic (exact) mass is 256 g/mol. The highest BCUT2D eigenvalue weighted by molar-refractivity contribution is 5.76. The summed E-state index contributed by atoms with van der Waals surface area (Å²) in [5.74, 6) is 0.693. The molecule has 0 atom stereocenters. The van der Waals surface area contributed by atoms with Crippen molar-refractivity contribution < 1.29 is 4.79 Å². The van der Waals surface area contributed by atoms with Gasteiger partial charge >= 0.3 is 0 Å². The van der Waals surface area contributed by atoms with Gasteiger partial charge in [0.2, 0.25) is 5.91 Å². The summed E-state index contributed by atoms with van der Waals surface area (Å²) in [6, 6.07) is 9.83. The smallest absolute Gasteiger partial charge is 0.222 e. The van der Waals surface area contributed by atoms with Crippen LogP contribution in [0.1, 0.15) is 12.0 Å². The summed E-state index contributed by atoms with van der Waals surface area (Å²) in [4.78, 5) is 19.6. The molecule has 0 aliphatic carbocycles. The highest BCUT2D eigenvalue weighted by Crippen LogP contribution is 1.99. The first-order valence-corrected chi connectivity index (χ1v) is 6.15. The molecule has 2 rings (SSSR count). The molecule has 0 fully saturated rings. The average Bonchev–Trinajstić information content (AvgIpc) is 2.47. The van der Waals surface area contributed by atoms with Crippen molar-refractivity contribution in [2.75, 3.05) is 11.9 Å². The number of carbonyl (C=O) groups excluding carboxylic acids is 1. The van der Waals surface area contributed by atoms with Gasteiger partial charge in [-0.25, -0.2) is 4.98 Å². The van der Waals surface area contributed by atoms with E-state index in [0.29, 0.717) is 25.3 Å². The van der Waals surface area contributed by atoms with Crippen LogP contribution in [-0.2, 0) is 11.3 Å². The van der Waals surface area contributed by atoms with Crippen molar-refractivity contribution in [3.05, 3.63) is 54.5 Å². The minimum absolute atomic E-state index is 0.0141. The van der Waals surface area contributed by atoms with E-state index in [1.165, 1.54) is 0 Å². The number of amides is 1. The van der Waals surface area contributed by atoms with Gasteiger partial charge in [-0.05, 0) is 5.56 Å². The molecule has 0 bridgehead atoms. The summed E-state index contributed by atoms with van der Waals surface area (Å²) in [7, 11) is 0. The molecule has 1 aromatic carbocycles. The number of nitrogens with one attached hydrogen (secondary N) is 2. The SMILES string of the molecule is O=C(CCNc1cnccn1)NCc1ccccc1. The number of hydrogen-bond acceptors (Lipinski definition) is 4. The Morgan fingerprint density at radius 3 is 2.74 bits per heavy atom. The average molecular weight is 256 g/mol. The fraction of sp³-hybridized carbons (Fsp3) is 0.214. The van der Waals surface area contributed by atoms with E-state index < -0.39 is 0 Å². The maximum Gasteiger partial charge on any atom is 0.222 e. The Kier molecular flexibility index (Phi) is 4.87. The third-order valence-electron chi connectivity index (χ3n) is 2.55. The number of benzene rings is 1. The van der Waals surface area contributed by atoms with Gasteiger partial charge in [0.05, 0.1) is 6.20 Å². The minimum Gasteiger partial charge on any atom is -0.368 e. The van der Waals surface area contributed by atoms with Crippen LogP contribution in [0.15, 0.2) is 48.9 Å². The van der Waals surface area contributed by atoms with Crippen LogP contribution in [0.25, 0.3) is 0 Å². The predicted molar refractivity (Wildman–Crippen MR) is 73.4 cm³/mol. The zero-order chi connectivity index (χ0) is 13.3. The first kappa shape index (κ1) is 13.0. The van der Waals surface area contributed by atoms with Gasteiger partial charge in [0, 0.05) is 31.9 Å². The quantitative estimate of drug-likeness (QED) is 0.823. The lowest BCUT2D eigenvalue weighted by Gasteiger charge is -2.06. The van der Waals surface area contributed by atoms with Crippen molar-refractivity contribution in [2.24, 2.45) is 0 Å². The van der Waals surface area contributed by atoms with Gasteiger partial charge < -0.3 is 10.6 Å². The maximum atomic E-state index is 11.6. The zero-order valence-corrected chi connectivity index (χ0v) is 10.5. The molecule has 5 heteroatoms. The highest BCUT2D eigenvalue weighted by Gasteiger charge is 2.01. The molecule has 0 saturated carbocycles. The second kappa shape index (κ2) is 7.10. The van der Waals surface area contributed by atoms with Crippen LogP contribution < -0.4 is 10.6 Å². The van der Waals surface area contributed by atoms with Crippen molar-refractivity contribution in [3.8, 4) is 0 Å². The number of rotatable bonds is 6. The van der Waals surface area contributed by atoms with E-state index in [1.54, 1.807) is 18.6 Å². The Hall–Kier alpha value is -2.43. The molecule has 5 nitrogen and oxygen atoms in total. The molecule has 1 aromatic heterocycles. The van der Waals surface area contributed by atoms with E-state index >= 15 is 0 Å². The lowest BCUT2D eigenvalue weighted by Crippen LogP contribution is -2.24. The van der Waals surface area contributed by atoms with Crippen LogP contribution in [0.2, 0.25) is 0 Å². The Balaban J connectivity index is 1.65. The molecule has 1 heterocycles. The summed E-state index contributed by atoms with van der Waals surface area (Å²) in [5.41, 5.74) is 1.10. The molecule has 0 unspecified atom stereocenters. The van der Waals surface area contributed by atoms with Crippen LogP contribution in [0.5, 0.6) is 0 Å². The largest absolute Gasteiger partial charge is 0.368 e. The van der Waals surface area contributed by atoms with Gasteiger partial charge in [-0.15, -0.1) is 0 Å². The van der Waals surface area contributed by atoms with Gasteiger partial charge in [-0.3, -0.25) is 9.78 Å². The summed E-state index contributed by atoms with van der Waals surface area (Å²) >= 11 is 0. The summed E-state index contributed by atoms with van der Waals surface area (Å²) in [6.45, 7) is 1.10. The predicted octanol–water partition coefficient (Wildman–Crippen LogP) is 1.59. The number of nitrogens with zero attached hydrogens (tertiary/aromatic N) is 2. The molecule has 98 valence electrons. The molecule has 0 aliphatic rings. The lowest BCUT2D eigenvalue weighted by molar-refractivity contribution is -0.121. The molecule has 0 spiro atoms. The van der Waals surface area contributed by atoms with Gasteiger partial charge in [0.1, 0.15) is 5.82 Å². The molecule has 0 saturated heterocycles. The molecule has 2 N–H and O–H groups in total. The Bertz CT molecular complexity index is 501. The molecule has 1 amide bonds. The van der Waals surface area contributed by atoms with E-state index in [-0.39, 0.29) is 5.91 Å². The topological polar surface area (TPSA) is 66.9 Å². The third-order valence-corrected chi connectivity index (χ3v) is 2.55. The van der Waals surface area contributed by atoms with E-state index in [1.807, 2.05) is 30.3 Å². The molecule has 2 aromatic rings. The Morgan fingerprint density at radius 1 is 1.16 bits per heavy atom. The Labute approximate surface area is 112 Å². The maximum absolute atomic E-state index is 11.6. The highest BCUT2D eigenvalue weighted by atomic mass is 16.1. The first-order valence-electron chi connectivity index (χ1n) is 6.15. The second-order valence-electron chi connectivity index (χ2n) is 4.03. The number of anilines is 1. The van der Waals surface area contributed by atoms with Crippen LogP contribution in [0.3, 0.4) is 0 Å².